The summed E-state index contributed by atoms with van der Waals surface area (Å²) in [6.07, 6.45) is 2.89. The quantitative estimate of drug-likeness (QED) is 0.525. The maximum atomic E-state index is 11.0. The van der Waals surface area contributed by atoms with E-state index in [9.17, 15) is 14.7 Å². The molecule has 0 spiro atoms. The SMILES string of the molecule is CC[C@@H](NC(=O)C(N)=O)C1(O)CCC1. The second-order valence-electron chi connectivity index (χ2n) is 3.76. The number of nitrogens with two attached hydrogens (primary N) is 1. The predicted octanol–water partition coefficient (Wildman–Crippen LogP) is -0.719. The lowest BCUT2D eigenvalue weighted by atomic mass is 9.74. The molecule has 1 aliphatic carbocycles. The van der Waals surface area contributed by atoms with E-state index in [0.29, 0.717) is 19.3 Å². The van der Waals surface area contributed by atoms with Crippen LogP contribution in [0.2, 0.25) is 0 Å². The second kappa shape index (κ2) is 3.96. The van der Waals surface area contributed by atoms with Crippen molar-refractivity contribution in [3.05, 3.63) is 0 Å². The van der Waals surface area contributed by atoms with E-state index in [1.807, 2.05) is 6.92 Å². The third-order valence-electron chi connectivity index (χ3n) is 2.81. The molecule has 1 saturated carbocycles. The summed E-state index contributed by atoms with van der Waals surface area (Å²) in [4.78, 5) is 21.5. The van der Waals surface area contributed by atoms with Gasteiger partial charge in [0.2, 0.25) is 0 Å². The maximum Gasteiger partial charge on any atom is 0.309 e. The molecule has 1 fully saturated rings. The fraction of sp³-hybridized carbons (Fsp3) is 0.778. The van der Waals surface area contributed by atoms with Crippen LogP contribution >= 0.6 is 0 Å². The number of primary amides is 1. The Kier molecular flexibility index (Phi) is 3.10. The highest BCUT2D eigenvalue weighted by molar-refractivity contribution is 6.34. The molecule has 1 atom stereocenters. The molecular formula is C9H16N2O3. The number of amides is 2. The molecule has 0 aromatic carbocycles. The van der Waals surface area contributed by atoms with Gasteiger partial charge in [-0.1, -0.05) is 6.92 Å². The zero-order valence-corrected chi connectivity index (χ0v) is 8.25. The number of aliphatic hydroxyl groups is 1. The summed E-state index contributed by atoms with van der Waals surface area (Å²) in [7, 11) is 0. The van der Waals surface area contributed by atoms with Crippen LogP contribution in [0.1, 0.15) is 32.6 Å². The van der Waals surface area contributed by atoms with Crippen molar-refractivity contribution in [1.29, 1.82) is 0 Å². The molecule has 1 aliphatic rings. The summed E-state index contributed by atoms with van der Waals surface area (Å²) in [6.45, 7) is 1.85. The van der Waals surface area contributed by atoms with E-state index in [4.69, 9.17) is 5.73 Å². The summed E-state index contributed by atoms with van der Waals surface area (Å²) in [5.41, 5.74) is 3.98. The Morgan fingerprint density at radius 1 is 1.57 bits per heavy atom. The number of nitrogens with one attached hydrogen (secondary N) is 1. The molecule has 0 aliphatic heterocycles. The summed E-state index contributed by atoms with van der Waals surface area (Å²) in [5, 5.41) is 12.4. The molecule has 5 heteroatoms. The van der Waals surface area contributed by atoms with Crippen LogP contribution < -0.4 is 11.1 Å². The topological polar surface area (TPSA) is 92.4 Å². The van der Waals surface area contributed by atoms with Gasteiger partial charge in [-0.25, -0.2) is 0 Å². The van der Waals surface area contributed by atoms with Crippen molar-refractivity contribution in [3.8, 4) is 0 Å². The molecule has 0 heterocycles. The Morgan fingerprint density at radius 3 is 2.43 bits per heavy atom. The average molecular weight is 200 g/mol. The fourth-order valence-corrected chi connectivity index (χ4v) is 1.73. The molecule has 5 nitrogen and oxygen atoms in total. The van der Waals surface area contributed by atoms with E-state index < -0.39 is 17.4 Å². The first kappa shape index (κ1) is 11.0. The van der Waals surface area contributed by atoms with Crippen molar-refractivity contribution < 1.29 is 14.7 Å². The van der Waals surface area contributed by atoms with Crippen LogP contribution in [-0.4, -0.2) is 28.6 Å². The number of hydrogen-bond donors (Lipinski definition) is 3. The first-order valence-corrected chi connectivity index (χ1v) is 4.82. The Labute approximate surface area is 82.7 Å². The van der Waals surface area contributed by atoms with Crippen LogP contribution in [0.3, 0.4) is 0 Å². The molecule has 4 N–H and O–H groups in total. The van der Waals surface area contributed by atoms with E-state index >= 15 is 0 Å². The maximum absolute atomic E-state index is 11.0. The molecule has 0 bridgehead atoms. The first-order chi connectivity index (χ1) is 6.49. The summed E-state index contributed by atoms with van der Waals surface area (Å²) in [6, 6.07) is -0.365. The summed E-state index contributed by atoms with van der Waals surface area (Å²) >= 11 is 0. The lowest BCUT2D eigenvalue weighted by Gasteiger charge is -2.43. The third-order valence-corrected chi connectivity index (χ3v) is 2.81. The Balaban J connectivity index is 2.55. The molecule has 2 amide bonds. The lowest BCUT2D eigenvalue weighted by molar-refractivity contribution is -0.140. The molecule has 14 heavy (non-hydrogen) atoms. The van der Waals surface area contributed by atoms with Gasteiger partial charge in [0.05, 0.1) is 11.6 Å². The van der Waals surface area contributed by atoms with Crippen LogP contribution in [0.4, 0.5) is 0 Å². The van der Waals surface area contributed by atoms with Gasteiger partial charge in [0.15, 0.2) is 0 Å². The van der Waals surface area contributed by atoms with Crippen molar-refractivity contribution in [3.63, 3.8) is 0 Å². The van der Waals surface area contributed by atoms with Gasteiger partial charge in [-0.2, -0.15) is 0 Å². The highest BCUT2D eigenvalue weighted by atomic mass is 16.3. The highest BCUT2D eigenvalue weighted by Gasteiger charge is 2.42. The average Bonchev–Trinajstić information content (AvgIpc) is 2.09. The van der Waals surface area contributed by atoms with Crippen LogP contribution in [0.15, 0.2) is 0 Å². The number of hydrogen-bond acceptors (Lipinski definition) is 3. The highest BCUT2D eigenvalue weighted by Crippen LogP contribution is 2.35. The van der Waals surface area contributed by atoms with Gasteiger partial charge in [-0.15, -0.1) is 0 Å². The number of carbonyl (C=O) groups is 2. The first-order valence-electron chi connectivity index (χ1n) is 4.82. The van der Waals surface area contributed by atoms with Crippen LogP contribution in [0.25, 0.3) is 0 Å². The van der Waals surface area contributed by atoms with Crippen molar-refractivity contribution >= 4 is 11.8 Å². The van der Waals surface area contributed by atoms with Gasteiger partial charge in [-0.3, -0.25) is 9.59 Å². The number of carbonyl (C=O) groups excluding carboxylic acids is 2. The Bertz CT molecular complexity index is 248. The standard InChI is InChI=1S/C9H16N2O3/c1-2-6(9(14)4-3-5-9)11-8(13)7(10)12/h6,14H,2-5H2,1H3,(H2,10,12)(H,11,13)/t6-/m1/s1. The fourth-order valence-electron chi connectivity index (χ4n) is 1.73. The normalized spacial score (nSPS) is 20.7. The monoisotopic (exact) mass is 200 g/mol. The van der Waals surface area contributed by atoms with E-state index in [1.165, 1.54) is 0 Å². The van der Waals surface area contributed by atoms with Crippen molar-refractivity contribution in [2.45, 2.75) is 44.2 Å². The van der Waals surface area contributed by atoms with Gasteiger partial charge in [0.1, 0.15) is 0 Å². The van der Waals surface area contributed by atoms with Crippen LogP contribution in [0.5, 0.6) is 0 Å². The van der Waals surface area contributed by atoms with Crippen molar-refractivity contribution in [2.75, 3.05) is 0 Å². The van der Waals surface area contributed by atoms with Gasteiger partial charge < -0.3 is 16.2 Å². The van der Waals surface area contributed by atoms with E-state index in [0.717, 1.165) is 6.42 Å². The molecule has 80 valence electrons. The zero-order chi connectivity index (χ0) is 10.8. The Morgan fingerprint density at radius 2 is 2.14 bits per heavy atom. The summed E-state index contributed by atoms with van der Waals surface area (Å²) < 4.78 is 0. The van der Waals surface area contributed by atoms with E-state index in [1.54, 1.807) is 0 Å². The zero-order valence-electron chi connectivity index (χ0n) is 8.25. The Hall–Kier alpha value is -1.10. The molecule has 0 aromatic heterocycles. The smallest absolute Gasteiger partial charge is 0.309 e. The molecule has 0 aromatic rings. The third kappa shape index (κ3) is 2.04. The van der Waals surface area contributed by atoms with E-state index in [-0.39, 0.29) is 6.04 Å². The minimum Gasteiger partial charge on any atom is -0.388 e. The molecule has 0 unspecified atom stereocenters. The molecular weight excluding hydrogens is 184 g/mol. The molecule has 1 rings (SSSR count). The molecule has 0 radical (unpaired) electrons. The predicted molar refractivity (Wildman–Crippen MR) is 50.2 cm³/mol. The van der Waals surface area contributed by atoms with Gasteiger partial charge in [0, 0.05) is 0 Å². The minimum atomic E-state index is -1.01. The lowest BCUT2D eigenvalue weighted by Crippen LogP contribution is -2.57. The molecule has 0 saturated heterocycles. The van der Waals surface area contributed by atoms with Gasteiger partial charge in [-0.05, 0) is 25.7 Å². The van der Waals surface area contributed by atoms with E-state index in [2.05, 4.69) is 5.32 Å². The van der Waals surface area contributed by atoms with Crippen molar-refractivity contribution in [1.82, 2.24) is 5.32 Å². The van der Waals surface area contributed by atoms with Gasteiger partial charge >= 0.3 is 11.8 Å². The number of rotatable bonds is 3. The van der Waals surface area contributed by atoms with Gasteiger partial charge in [0.25, 0.3) is 0 Å². The van der Waals surface area contributed by atoms with Crippen molar-refractivity contribution in [2.24, 2.45) is 5.73 Å². The second-order valence-corrected chi connectivity index (χ2v) is 3.76. The largest absolute Gasteiger partial charge is 0.388 e. The van der Waals surface area contributed by atoms with Crippen LogP contribution in [-0.2, 0) is 9.59 Å². The summed E-state index contributed by atoms with van der Waals surface area (Å²) in [5.74, 6) is -1.83. The minimum absolute atomic E-state index is 0.365. The van der Waals surface area contributed by atoms with Crippen LogP contribution in [0, 0.1) is 0 Å².